The topological polar surface area (TPSA) is 109 Å². The van der Waals surface area contributed by atoms with Gasteiger partial charge in [-0.15, -0.1) is 0 Å². The average molecular weight is 513 g/mol. The number of ether oxygens (including phenoxy) is 1. The lowest BCUT2D eigenvalue weighted by atomic mass is 10.2. The minimum Gasteiger partial charge on any atom is -0.497 e. The summed E-state index contributed by atoms with van der Waals surface area (Å²) in [7, 11) is 1.61. The largest absolute Gasteiger partial charge is 0.497 e. The van der Waals surface area contributed by atoms with Crippen molar-refractivity contribution in [3.05, 3.63) is 60.6 Å². The molecule has 3 N–H and O–H groups in total. The Morgan fingerprint density at radius 3 is 2.66 bits per heavy atom. The molecule has 0 bridgehead atoms. The Labute approximate surface area is 221 Å². The van der Waals surface area contributed by atoms with E-state index in [4.69, 9.17) is 9.72 Å². The Morgan fingerprint density at radius 1 is 1.05 bits per heavy atom. The van der Waals surface area contributed by atoms with E-state index in [1.54, 1.807) is 13.3 Å². The molecule has 2 aliphatic rings. The van der Waals surface area contributed by atoms with E-state index in [-0.39, 0.29) is 11.9 Å². The second kappa shape index (κ2) is 10.7. The summed E-state index contributed by atoms with van der Waals surface area (Å²) in [4.78, 5) is 29.7. The molecule has 1 saturated heterocycles. The molecule has 4 heterocycles. The van der Waals surface area contributed by atoms with E-state index in [2.05, 4.69) is 41.5 Å². The predicted octanol–water partition coefficient (Wildman–Crippen LogP) is 4.36. The number of methoxy groups -OCH3 is 1. The average Bonchev–Trinajstić information content (AvgIpc) is 3.62. The van der Waals surface area contributed by atoms with Crippen LogP contribution in [0.3, 0.4) is 0 Å². The standard InChI is InChI=1S/C28H32N8O2/c1-38-23-8-4-5-20(16-23)32-27(37)24-15-19-17-31-28(34-26(19)36(24)21-6-2-3-7-21)33-25-10-9-22(18-30-25)35-13-11-29-12-14-35/h4-5,8-10,15-18,21,29H,2-3,6-7,11-14H2,1H3,(H,32,37)(H,30,31,33,34). The molecule has 2 fully saturated rings. The van der Waals surface area contributed by atoms with Crippen LogP contribution >= 0.6 is 0 Å². The quantitative estimate of drug-likeness (QED) is 0.335. The molecule has 6 rings (SSSR count). The summed E-state index contributed by atoms with van der Waals surface area (Å²) in [5.41, 5.74) is 3.12. The molecule has 1 aliphatic heterocycles. The minimum absolute atomic E-state index is 0.178. The van der Waals surface area contributed by atoms with Crippen LogP contribution in [0.25, 0.3) is 11.0 Å². The number of pyridine rings is 1. The maximum absolute atomic E-state index is 13.4. The highest BCUT2D eigenvalue weighted by Crippen LogP contribution is 2.35. The minimum atomic E-state index is -0.178. The molecule has 0 radical (unpaired) electrons. The Kier molecular flexibility index (Phi) is 6.78. The van der Waals surface area contributed by atoms with Crippen LogP contribution in [0.15, 0.2) is 54.9 Å². The van der Waals surface area contributed by atoms with Gasteiger partial charge in [-0.3, -0.25) is 4.79 Å². The Balaban J connectivity index is 1.28. The number of anilines is 4. The molecule has 10 nitrogen and oxygen atoms in total. The number of rotatable bonds is 7. The molecular weight excluding hydrogens is 480 g/mol. The first-order chi connectivity index (χ1) is 18.7. The Morgan fingerprint density at radius 2 is 1.89 bits per heavy atom. The fraction of sp³-hybridized carbons (Fsp3) is 0.357. The normalized spacial score (nSPS) is 16.1. The monoisotopic (exact) mass is 512 g/mol. The number of carbonyl (C=O) groups excluding carboxylic acids is 1. The van der Waals surface area contributed by atoms with Crippen LogP contribution in [-0.2, 0) is 0 Å². The van der Waals surface area contributed by atoms with Crippen LogP contribution in [0, 0.1) is 0 Å². The molecule has 0 unspecified atom stereocenters. The first-order valence-electron chi connectivity index (χ1n) is 13.2. The van der Waals surface area contributed by atoms with Gasteiger partial charge < -0.3 is 30.2 Å². The van der Waals surface area contributed by atoms with Gasteiger partial charge in [-0.1, -0.05) is 18.9 Å². The van der Waals surface area contributed by atoms with Crippen LogP contribution in [0.2, 0.25) is 0 Å². The van der Waals surface area contributed by atoms with Crippen molar-refractivity contribution in [3.63, 3.8) is 0 Å². The van der Waals surface area contributed by atoms with Crippen LogP contribution in [0.1, 0.15) is 42.2 Å². The number of aromatic nitrogens is 4. The van der Waals surface area contributed by atoms with E-state index in [0.717, 1.165) is 68.6 Å². The van der Waals surface area contributed by atoms with E-state index in [0.29, 0.717) is 28.9 Å². The van der Waals surface area contributed by atoms with Gasteiger partial charge in [0.2, 0.25) is 5.95 Å². The van der Waals surface area contributed by atoms with Crippen molar-refractivity contribution in [2.45, 2.75) is 31.7 Å². The highest BCUT2D eigenvalue weighted by Gasteiger charge is 2.26. The second-order valence-corrected chi connectivity index (χ2v) is 9.76. The molecule has 0 atom stereocenters. The van der Waals surface area contributed by atoms with Gasteiger partial charge in [-0.05, 0) is 43.2 Å². The summed E-state index contributed by atoms with van der Waals surface area (Å²) < 4.78 is 7.39. The van der Waals surface area contributed by atoms with Crippen molar-refractivity contribution >= 4 is 40.1 Å². The van der Waals surface area contributed by atoms with Crippen molar-refractivity contribution in [1.82, 2.24) is 24.8 Å². The summed E-state index contributed by atoms with van der Waals surface area (Å²) >= 11 is 0. The molecule has 1 aliphatic carbocycles. The molecule has 196 valence electrons. The van der Waals surface area contributed by atoms with Crippen LogP contribution in [-0.4, -0.2) is 58.7 Å². The zero-order chi connectivity index (χ0) is 25.9. The van der Waals surface area contributed by atoms with Gasteiger partial charge in [-0.25, -0.2) is 9.97 Å². The number of carbonyl (C=O) groups is 1. The number of nitrogens with one attached hydrogen (secondary N) is 3. The summed E-state index contributed by atoms with van der Waals surface area (Å²) in [5, 5.41) is 10.5. The SMILES string of the molecule is COc1cccc(NC(=O)c2cc3cnc(Nc4ccc(N5CCNCC5)cn4)nc3n2C2CCCC2)c1. The molecule has 3 aromatic heterocycles. The number of hydrogen-bond acceptors (Lipinski definition) is 8. The lowest BCUT2D eigenvalue weighted by Crippen LogP contribution is -2.43. The number of fused-ring (bicyclic) bond motifs is 1. The molecule has 1 aromatic carbocycles. The molecule has 1 saturated carbocycles. The first-order valence-corrected chi connectivity index (χ1v) is 13.2. The van der Waals surface area contributed by atoms with Crippen molar-refractivity contribution in [2.75, 3.05) is 48.8 Å². The summed E-state index contributed by atoms with van der Waals surface area (Å²) in [6.07, 6.45) is 7.97. The van der Waals surface area contributed by atoms with Gasteiger partial charge in [0.15, 0.2) is 0 Å². The number of benzene rings is 1. The van der Waals surface area contributed by atoms with Crippen LogP contribution in [0.4, 0.5) is 23.1 Å². The van der Waals surface area contributed by atoms with Crippen molar-refractivity contribution < 1.29 is 9.53 Å². The Hall–Kier alpha value is -4.18. The highest BCUT2D eigenvalue weighted by atomic mass is 16.5. The van der Waals surface area contributed by atoms with E-state index in [1.807, 2.05) is 42.6 Å². The molecule has 38 heavy (non-hydrogen) atoms. The number of amides is 1. The van der Waals surface area contributed by atoms with E-state index in [9.17, 15) is 4.79 Å². The van der Waals surface area contributed by atoms with Gasteiger partial charge >= 0.3 is 0 Å². The van der Waals surface area contributed by atoms with E-state index < -0.39 is 0 Å². The van der Waals surface area contributed by atoms with Gasteiger partial charge in [0, 0.05) is 55.6 Å². The number of nitrogens with zero attached hydrogens (tertiary/aromatic N) is 5. The fourth-order valence-corrected chi connectivity index (χ4v) is 5.36. The maximum atomic E-state index is 13.4. The van der Waals surface area contributed by atoms with Crippen molar-refractivity contribution in [1.29, 1.82) is 0 Å². The third-order valence-corrected chi connectivity index (χ3v) is 7.30. The molecule has 10 heteroatoms. The third-order valence-electron chi connectivity index (χ3n) is 7.30. The lowest BCUT2D eigenvalue weighted by molar-refractivity contribution is 0.101. The molecule has 4 aromatic rings. The number of hydrogen-bond donors (Lipinski definition) is 3. The summed E-state index contributed by atoms with van der Waals surface area (Å²) in [6.45, 7) is 3.91. The third kappa shape index (κ3) is 4.99. The van der Waals surface area contributed by atoms with E-state index in [1.165, 1.54) is 0 Å². The lowest BCUT2D eigenvalue weighted by Gasteiger charge is -2.29. The summed E-state index contributed by atoms with van der Waals surface area (Å²) in [6, 6.07) is 13.5. The zero-order valence-electron chi connectivity index (χ0n) is 21.5. The van der Waals surface area contributed by atoms with Crippen molar-refractivity contribution in [3.8, 4) is 5.75 Å². The maximum Gasteiger partial charge on any atom is 0.272 e. The Bertz CT molecular complexity index is 1420. The number of piperazine rings is 1. The van der Waals surface area contributed by atoms with Gasteiger partial charge in [-0.2, -0.15) is 4.98 Å². The second-order valence-electron chi connectivity index (χ2n) is 9.76. The van der Waals surface area contributed by atoms with Gasteiger partial charge in [0.05, 0.1) is 19.0 Å². The molecule has 1 amide bonds. The first kappa shape index (κ1) is 24.2. The van der Waals surface area contributed by atoms with E-state index >= 15 is 0 Å². The molecular formula is C28H32N8O2. The van der Waals surface area contributed by atoms with Crippen LogP contribution in [0.5, 0.6) is 5.75 Å². The van der Waals surface area contributed by atoms with Gasteiger partial charge in [0.25, 0.3) is 5.91 Å². The van der Waals surface area contributed by atoms with Crippen LogP contribution < -0.4 is 25.6 Å². The fourth-order valence-electron chi connectivity index (χ4n) is 5.36. The van der Waals surface area contributed by atoms with Gasteiger partial charge in [0.1, 0.15) is 22.9 Å². The van der Waals surface area contributed by atoms with Crippen molar-refractivity contribution in [2.24, 2.45) is 0 Å². The summed E-state index contributed by atoms with van der Waals surface area (Å²) in [5.74, 6) is 1.65. The zero-order valence-corrected chi connectivity index (χ0v) is 21.5. The predicted molar refractivity (Wildman–Crippen MR) is 149 cm³/mol. The smallest absolute Gasteiger partial charge is 0.272 e. The molecule has 0 spiro atoms. The highest BCUT2D eigenvalue weighted by molar-refractivity contribution is 6.06.